The number of halogens is 1. The molecule has 0 aromatic heterocycles. The number of morpholine rings is 1. The van der Waals surface area contributed by atoms with Crippen molar-refractivity contribution in [3.8, 4) is 0 Å². The van der Waals surface area contributed by atoms with E-state index in [9.17, 15) is 14.4 Å². The van der Waals surface area contributed by atoms with Gasteiger partial charge < -0.3 is 19.4 Å². The molecule has 3 saturated heterocycles. The third-order valence-electron chi connectivity index (χ3n) is 10.9. The number of hydrogen-bond donors (Lipinski definition) is 0. The number of unbranched alkanes of at least 4 members (excludes halogenated alkanes) is 1. The van der Waals surface area contributed by atoms with Crippen molar-refractivity contribution in [3.63, 3.8) is 0 Å². The molecule has 4 fully saturated rings. The molecule has 0 N–H and O–H groups in total. The summed E-state index contributed by atoms with van der Waals surface area (Å²) in [6, 6.07) is 7.34. The first-order chi connectivity index (χ1) is 21.5. The second kappa shape index (κ2) is 14.7. The zero-order valence-corrected chi connectivity index (χ0v) is 28.9. The monoisotopic (exact) mass is 642 g/mol. The normalized spacial score (nSPS) is 29.6. The van der Waals surface area contributed by atoms with Crippen LogP contribution in [0.1, 0.15) is 97.5 Å². The first-order valence-corrected chi connectivity index (χ1v) is 17.8. The van der Waals surface area contributed by atoms with Gasteiger partial charge in [-0.15, -0.1) is 0 Å². The highest BCUT2D eigenvalue weighted by molar-refractivity contribution is 6.30. The summed E-state index contributed by atoms with van der Waals surface area (Å²) in [6.45, 7) is 14.9. The first kappa shape index (κ1) is 34.2. The Hall–Kier alpha value is -2.16. The van der Waals surface area contributed by atoms with Crippen molar-refractivity contribution >= 4 is 29.3 Å². The van der Waals surface area contributed by atoms with Gasteiger partial charge in [-0.05, 0) is 82.9 Å². The molecule has 1 aromatic carbocycles. The fourth-order valence-corrected chi connectivity index (χ4v) is 8.16. The Morgan fingerprint density at radius 2 is 1.60 bits per heavy atom. The minimum Gasteiger partial charge on any atom is -0.378 e. The summed E-state index contributed by atoms with van der Waals surface area (Å²) in [7, 11) is 0. The molecule has 4 atom stereocenters. The lowest BCUT2D eigenvalue weighted by atomic mass is 9.85. The SMILES string of the molecule is CCCCC(=O)N(C1CCC(C)CC1)[C@H]1C[C@@H](C(=O)N2CCOCC2)N(C(=O)[C@@H]2CN(C(C)(C)C)C[C@H]2c2ccc(Cl)cc2)C1. The molecular weight excluding hydrogens is 588 g/mol. The van der Waals surface area contributed by atoms with E-state index in [1.165, 1.54) is 0 Å². The quantitative estimate of drug-likeness (QED) is 0.370. The zero-order valence-electron chi connectivity index (χ0n) is 28.2. The van der Waals surface area contributed by atoms with Crippen molar-refractivity contribution in [3.05, 3.63) is 34.9 Å². The maximum Gasteiger partial charge on any atom is 0.245 e. The molecule has 3 aliphatic heterocycles. The van der Waals surface area contributed by atoms with Crippen LogP contribution in [0.3, 0.4) is 0 Å². The van der Waals surface area contributed by atoms with Crippen LogP contribution in [-0.4, -0.2) is 107 Å². The van der Waals surface area contributed by atoms with Gasteiger partial charge in [0.05, 0.1) is 25.2 Å². The van der Waals surface area contributed by atoms with Crippen molar-refractivity contribution < 1.29 is 19.1 Å². The topological polar surface area (TPSA) is 73.4 Å². The molecule has 5 rings (SSSR count). The summed E-state index contributed by atoms with van der Waals surface area (Å²) in [6.07, 6.45) is 7.07. The summed E-state index contributed by atoms with van der Waals surface area (Å²) in [5, 5.41) is 0.677. The summed E-state index contributed by atoms with van der Waals surface area (Å²) in [5.74, 6) is 0.601. The Balaban J connectivity index is 1.47. The fraction of sp³-hybridized carbons (Fsp3) is 0.750. The Kier molecular flexibility index (Phi) is 11.2. The van der Waals surface area contributed by atoms with Crippen LogP contribution in [-0.2, 0) is 19.1 Å². The second-order valence-corrected chi connectivity index (χ2v) is 15.4. The molecule has 1 saturated carbocycles. The molecule has 8 nitrogen and oxygen atoms in total. The van der Waals surface area contributed by atoms with Crippen LogP contribution in [0.5, 0.6) is 0 Å². The van der Waals surface area contributed by atoms with Crippen LogP contribution in [0.15, 0.2) is 24.3 Å². The van der Waals surface area contributed by atoms with Crippen molar-refractivity contribution in [2.75, 3.05) is 45.9 Å². The lowest BCUT2D eigenvalue weighted by molar-refractivity contribution is -0.148. The Bertz CT molecular complexity index is 1170. The van der Waals surface area contributed by atoms with Gasteiger partial charge in [-0.3, -0.25) is 19.3 Å². The van der Waals surface area contributed by atoms with E-state index in [0.717, 1.165) is 50.6 Å². The smallest absolute Gasteiger partial charge is 0.245 e. The largest absolute Gasteiger partial charge is 0.378 e. The predicted molar refractivity (Wildman–Crippen MR) is 178 cm³/mol. The maximum atomic E-state index is 14.9. The summed E-state index contributed by atoms with van der Waals surface area (Å²) in [4.78, 5) is 51.3. The van der Waals surface area contributed by atoms with E-state index in [1.54, 1.807) is 0 Å². The Morgan fingerprint density at radius 3 is 2.22 bits per heavy atom. The number of benzene rings is 1. The van der Waals surface area contributed by atoms with Crippen LogP contribution < -0.4 is 0 Å². The highest BCUT2D eigenvalue weighted by atomic mass is 35.5. The maximum absolute atomic E-state index is 14.9. The lowest BCUT2D eigenvalue weighted by Gasteiger charge is -2.40. The van der Waals surface area contributed by atoms with Crippen molar-refractivity contribution in [2.24, 2.45) is 11.8 Å². The molecule has 1 aromatic rings. The van der Waals surface area contributed by atoms with Gasteiger partial charge in [-0.1, -0.05) is 44.0 Å². The molecule has 9 heteroatoms. The number of nitrogens with zero attached hydrogens (tertiary/aromatic N) is 4. The third kappa shape index (κ3) is 7.87. The van der Waals surface area contributed by atoms with Gasteiger partial charge in [-0.25, -0.2) is 0 Å². The standard InChI is InChI=1S/C36H55ClN4O4/c1-6-7-8-33(42)41(28-15-9-25(2)10-16-28)29-21-32(35(44)38-17-19-45-20-18-38)40(22-29)34(43)31-24-39(36(3,4)5)23-30(31)26-11-13-27(37)14-12-26/h11-14,25,28-32H,6-10,15-24H2,1-5H3/t25?,28?,29-,30-,31+,32-/m0/s1. The molecule has 0 spiro atoms. The van der Waals surface area contributed by atoms with E-state index in [1.807, 2.05) is 34.1 Å². The van der Waals surface area contributed by atoms with Crippen molar-refractivity contribution in [2.45, 2.75) is 116 Å². The average Bonchev–Trinajstić information content (AvgIpc) is 3.67. The molecule has 3 amide bonds. The van der Waals surface area contributed by atoms with E-state index in [4.69, 9.17) is 16.3 Å². The molecule has 250 valence electrons. The van der Waals surface area contributed by atoms with Gasteiger partial charge in [0.1, 0.15) is 6.04 Å². The number of carbonyl (C=O) groups excluding carboxylic acids is 3. The van der Waals surface area contributed by atoms with Gasteiger partial charge in [0.15, 0.2) is 0 Å². The van der Waals surface area contributed by atoms with Crippen LogP contribution >= 0.6 is 11.6 Å². The van der Waals surface area contributed by atoms with E-state index in [2.05, 4.69) is 44.4 Å². The molecular formula is C36H55ClN4O4. The highest BCUT2D eigenvalue weighted by Crippen LogP contribution is 2.40. The number of carbonyl (C=O) groups is 3. The van der Waals surface area contributed by atoms with E-state index in [0.29, 0.717) is 63.2 Å². The summed E-state index contributed by atoms with van der Waals surface area (Å²) >= 11 is 6.26. The molecule has 4 aliphatic rings. The number of ether oxygens (including phenoxy) is 1. The molecule has 0 radical (unpaired) electrons. The fourth-order valence-electron chi connectivity index (χ4n) is 8.03. The lowest BCUT2D eigenvalue weighted by Crippen LogP contribution is -2.52. The third-order valence-corrected chi connectivity index (χ3v) is 11.1. The molecule has 1 aliphatic carbocycles. The molecule has 0 unspecified atom stereocenters. The highest BCUT2D eigenvalue weighted by Gasteiger charge is 2.50. The Morgan fingerprint density at radius 1 is 0.933 bits per heavy atom. The van der Waals surface area contributed by atoms with Gasteiger partial charge in [-0.2, -0.15) is 0 Å². The van der Waals surface area contributed by atoms with Gasteiger partial charge in [0.25, 0.3) is 0 Å². The molecule has 45 heavy (non-hydrogen) atoms. The number of likely N-dealkylation sites (tertiary alicyclic amines) is 2. The van der Waals surface area contributed by atoms with Crippen molar-refractivity contribution in [1.29, 1.82) is 0 Å². The number of hydrogen-bond acceptors (Lipinski definition) is 5. The second-order valence-electron chi connectivity index (χ2n) is 15.0. The van der Waals surface area contributed by atoms with Crippen LogP contribution in [0, 0.1) is 11.8 Å². The molecule has 3 heterocycles. The van der Waals surface area contributed by atoms with Crippen LogP contribution in [0.25, 0.3) is 0 Å². The minimum absolute atomic E-state index is 0.00101. The predicted octanol–water partition coefficient (Wildman–Crippen LogP) is 5.58. The van der Waals surface area contributed by atoms with Gasteiger partial charge in [0, 0.05) is 61.7 Å². The van der Waals surface area contributed by atoms with E-state index in [-0.39, 0.29) is 47.2 Å². The van der Waals surface area contributed by atoms with Crippen molar-refractivity contribution in [1.82, 2.24) is 19.6 Å². The molecule has 0 bridgehead atoms. The van der Waals surface area contributed by atoms with E-state index >= 15 is 0 Å². The van der Waals surface area contributed by atoms with Gasteiger partial charge >= 0.3 is 0 Å². The Labute approximate surface area is 275 Å². The number of rotatable bonds is 8. The average molecular weight is 643 g/mol. The van der Waals surface area contributed by atoms with Gasteiger partial charge in [0.2, 0.25) is 17.7 Å². The van der Waals surface area contributed by atoms with E-state index < -0.39 is 6.04 Å². The van der Waals surface area contributed by atoms with Crippen LogP contribution in [0.2, 0.25) is 5.02 Å². The first-order valence-electron chi connectivity index (χ1n) is 17.5. The number of amides is 3. The zero-order chi connectivity index (χ0) is 32.3. The minimum atomic E-state index is -0.570. The summed E-state index contributed by atoms with van der Waals surface area (Å²) < 4.78 is 5.56. The summed E-state index contributed by atoms with van der Waals surface area (Å²) in [5.41, 5.74) is 1.00. The van der Waals surface area contributed by atoms with Crippen LogP contribution in [0.4, 0.5) is 0 Å².